The van der Waals surface area contributed by atoms with Gasteiger partial charge in [0, 0.05) is 32.5 Å². The van der Waals surface area contributed by atoms with Crippen LogP contribution < -0.4 is 0 Å². The van der Waals surface area contributed by atoms with E-state index in [1.54, 1.807) is 7.05 Å². The van der Waals surface area contributed by atoms with E-state index in [1.165, 1.54) is 24.3 Å². The molecule has 104 valence electrons. The van der Waals surface area contributed by atoms with Crippen LogP contribution in [0.4, 0.5) is 0 Å². The molecule has 3 aliphatic rings. The molecule has 2 unspecified atom stereocenters. The highest BCUT2D eigenvalue weighted by Gasteiger charge is 2.39. The number of rotatable bonds is 1. The minimum Gasteiger partial charge on any atom is -0.334 e. The van der Waals surface area contributed by atoms with Crippen molar-refractivity contribution in [2.24, 2.45) is 11.0 Å². The Bertz CT molecular complexity index is 432. The van der Waals surface area contributed by atoms with Crippen molar-refractivity contribution in [3.05, 3.63) is 0 Å². The monoisotopic (exact) mass is 263 g/mol. The summed E-state index contributed by atoms with van der Waals surface area (Å²) in [5.74, 6) is 0.756. The van der Waals surface area contributed by atoms with Gasteiger partial charge in [0.2, 0.25) is 5.91 Å². The summed E-state index contributed by atoms with van der Waals surface area (Å²) in [5.41, 5.74) is 0.564. The molecule has 5 nitrogen and oxygen atoms in total. The van der Waals surface area contributed by atoms with Crippen LogP contribution >= 0.6 is 0 Å². The van der Waals surface area contributed by atoms with Crippen molar-refractivity contribution in [1.29, 1.82) is 0 Å². The smallest absolute Gasteiger partial charge is 0.270 e. The largest absolute Gasteiger partial charge is 0.334 e. The lowest BCUT2D eigenvalue weighted by atomic mass is 9.91. The Hall–Kier alpha value is -1.39. The van der Waals surface area contributed by atoms with Crippen molar-refractivity contribution in [3.8, 4) is 0 Å². The van der Waals surface area contributed by atoms with E-state index in [1.807, 2.05) is 4.90 Å². The van der Waals surface area contributed by atoms with Crippen LogP contribution in [0.25, 0.3) is 0 Å². The first-order valence-electron chi connectivity index (χ1n) is 7.32. The molecule has 0 N–H and O–H groups in total. The van der Waals surface area contributed by atoms with E-state index in [-0.39, 0.29) is 11.8 Å². The first kappa shape index (κ1) is 12.6. The molecule has 1 aliphatic carbocycles. The average molecular weight is 263 g/mol. The average Bonchev–Trinajstić information content (AvgIpc) is 2.89. The molecule has 0 aromatic carbocycles. The molecule has 2 amide bonds. The summed E-state index contributed by atoms with van der Waals surface area (Å²) < 4.78 is 0. The molecular weight excluding hydrogens is 242 g/mol. The minimum absolute atomic E-state index is 0.00561. The molecule has 0 aromatic rings. The highest BCUT2D eigenvalue weighted by molar-refractivity contribution is 6.39. The maximum absolute atomic E-state index is 12.6. The van der Waals surface area contributed by atoms with Gasteiger partial charge >= 0.3 is 0 Å². The van der Waals surface area contributed by atoms with E-state index in [2.05, 4.69) is 5.10 Å². The van der Waals surface area contributed by atoms with Gasteiger partial charge in [0.05, 0.1) is 0 Å². The molecule has 19 heavy (non-hydrogen) atoms. The number of piperidine rings is 1. The van der Waals surface area contributed by atoms with Gasteiger partial charge in [-0.25, -0.2) is 5.01 Å². The first-order chi connectivity index (χ1) is 9.16. The van der Waals surface area contributed by atoms with Gasteiger partial charge in [0.25, 0.3) is 5.91 Å². The number of nitrogens with zero attached hydrogens (tertiary/aromatic N) is 3. The Kier molecular flexibility index (Phi) is 3.29. The summed E-state index contributed by atoms with van der Waals surface area (Å²) in [5, 5.41) is 5.47. The second kappa shape index (κ2) is 4.94. The van der Waals surface area contributed by atoms with Gasteiger partial charge in [-0.1, -0.05) is 6.42 Å². The molecule has 3 rings (SSSR count). The normalized spacial score (nSPS) is 31.2. The maximum Gasteiger partial charge on any atom is 0.270 e. The molecule has 1 saturated carbocycles. The van der Waals surface area contributed by atoms with Gasteiger partial charge in [-0.2, -0.15) is 5.10 Å². The predicted molar refractivity (Wildman–Crippen MR) is 71.5 cm³/mol. The number of amides is 2. The Labute approximate surface area is 113 Å². The third kappa shape index (κ3) is 2.26. The third-order valence-corrected chi connectivity index (χ3v) is 4.71. The van der Waals surface area contributed by atoms with Crippen LogP contribution in [0.2, 0.25) is 0 Å². The summed E-state index contributed by atoms with van der Waals surface area (Å²) in [6, 6.07) is 0.423. The van der Waals surface area contributed by atoms with Crippen molar-refractivity contribution < 1.29 is 9.59 Å². The summed E-state index contributed by atoms with van der Waals surface area (Å²) in [4.78, 5) is 26.1. The van der Waals surface area contributed by atoms with Crippen molar-refractivity contribution in [2.75, 3.05) is 13.6 Å². The standard InChI is InChI=1S/C14H21N3O2/c1-16-13(18)8-7-11(15-16)14(19)17-9-3-5-10-4-2-6-12(10)17/h10,12H,2-9H2,1H3. The number of hydrogen-bond donors (Lipinski definition) is 0. The molecule has 0 aromatic heterocycles. The fraction of sp³-hybridized carbons (Fsp3) is 0.786. The summed E-state index contributed by atoms with van der Waals surface area (Å²) in [7, 11) is 1.63. The molecule has 2 fully saturated rings. The topological polar surface area (TPSA) is 53.0 Å². The summed E-state index contributed by atoms with van der Waals surface area (Å²) >= 11 is 0. The van der Waals surface area contributed by atoms with Crippen LogP contribution in [-0.2, 0) is 9.59 Å². The minimum atomic E-state index is -0.00561. The molecule has 5 heteroatoms. The fourth-order valence-electron chi connectivity index (χ4n) is 3.70. The van der Waals surface area contributed by atoms with Gasteiger partial charge in [0.1, 0.15) is 5.71 Å². The van der Waals surface area contributed by atoms with Crippen molar-refractivity contribution in [3.63, 3.8) is 0 Å². The van der Waals surface area contributed by atoms with Gasteiger partial charge in [0.15, 0.2) is 0 Å². The van der Waals surface area contributed by atoms with Crippen LogP contribution in [0.3, 0.4) is 0 Å². The lowest BCUT2D eigenvalue weighted by Gasteiger charge is -2.38. The quantitative estimate of drug-likeness (QED) is 0.718. The molecule has 1 saturated heterocycles. The predicted octanol–water partition coefficient (Wildman–Crippen LogP) is 1.39. The number of hydrogen-bond acceptors (Lipinski definition) is 3. The van der Waals surface area contributed by atoms with Crippen molar-refractivity contribution >= 4 is 17.5 Å². The Morgan fingerprint density at radius 3 is 2.79 bits per heavy atom. The van der Waals surface area contributed by atoms with Crippen LogP contribution in [0.1, 0.15) is 44.9 Å². The van der Waals surface area contributed by atoms with Gasteiger partial charge in [-0.05, 0) is 31.6 Å². The lowest BCUT2D eigenvalue weighted by molar-refractivity contribution is -0.131. The van der Waals surface area contributed by atoms with E-state index >= 15 is 0 Å². The molecule has 0 bridgehead atoms. The van der Waals surface area contributed by atoms with E-state index in [0.29, 0.717) is 30.5 Å². The molecule has 0 spiro atoms. The third-order valence-electron chi connectivity index (χ3n) is 4.71. The number of fused-ring (bicyclic) bond motifs is 1. The first-order valence-corrected chi connectivity index (χ1v) is 7.32. The number of likely N-dealkylation sites (tertiary alicyclic amines) is 1. The summed E-state index contributed by atoms with van der Waals surface area (Å²) in [6.45, 7) is 0.858. The number of carbonyl (C=O) groups is 2. The zero-order valence-electron chi connectivity index (χ0n) is 11.5. The zero-order valence-corrected chi connectivity index (χ0v) is 11.5. The van der Waals surface area contributed by atoms with Crippen LogP contribution in [0, 0.1) is 5.92 Å². The van der Waals surface area contributed by atoms with Crippen LogP contribution in [0.5, 0.6) is 0 Å². The SMILES string of the molecule is CN1N=C(C(=O)N2CCCC3CCCC32)CCC1=O. The van der Waals surface area contributed by atoms with Crippen molar-refractivity contribution in [2.45, 2.75) is 51.0 Å². The van der Waals surface area contributed by atoms with E-state index in [0.717, 1.165) is 19.4 Å². The van der Waals surface area contributed by atoms with Crippen molar-refractivity contribution in [1.82, 2.24) is 9.91 Å². The Balaban J connectivity index is 1.76. The number of carbonyl (C=O) groups excluding carboxylic acids is 2. The second-order valence-corrected chi connectivity index (χ2v) is 5.86. The molecule has 2 aliphatic heterocycles. The van der Waals surface area contributed by atoms with Gasteiger partial charge in [-0.3, -0.25) is 9.59 Å². The highest BCUT2D eigenvalue weighted by atomic mass is 16.2. The van der Waals surface area contributed by atoms with E-state index in [9.17, 15) is 9.59 Å². The molecule has 0 radical (unpaired) electrons. The maximum atomic E-state index is 12.6. The lowest BCUT2D eigenvalue weighted by Crippen LogP contribution is -2.50. The number of hydrazone groups is 1. The Morgan fingerprint density at radius 2 is 2.00 bits per heavy atom. The van der Waals surface area contributed by atoms with Gasteiger partial charge < -0.3 is 4.90 Å². The van der Waals surface area contributed by atoms with E-state index in [4.69, 9.17) is 0 Å². The Morgan fingerprint density at radius 1 is 1.21 bits per heavy atom. The fourth-order valence-corrected chi connectivity index (χ4v) is 3.70. The molecular formula is C14H21N3O2. The highest BCUT2D eigenvalue weighted by Crippen LogP contribution is 2.37. The zero-order chi connectivity index (χ0) is 13.4. The van der Waals surface area contributed by atoms with Crippen LogP contribution in [-0.4, -0.2) is 47.1 Å². The molecule has 2 heterocycles. The second-order valence-electron chi connectivity index (χ2n) is 5.86. The van der Waals surface area contributed by atoms with E-state index < -0.39 is 0 Å². The summed E-state index contributed by atoms with van der Waals surface area (Å²) in [6.07, 6.45) is 6.91. The molecule has 2 atom stereocenters. The van der Waals surface area contributed by atoms with Gasteiger partial charge in [-0.15, -0.1) is 0 Å². The van der Waals surface area contributed by atoms with Crippen LogP contribution in [0.15, 0.2) is 5.10 Å².